The summed E-state index contributed by atoms with van der Waals surface area (Å²) in [5.74, 6) is 0.624. The molecule has 3 aromatic carbocycles. The molecule has 0 fully saturated rings. The molecule has 0 bridgehead atoms. The molecule has 0 aliphatic rings. The van der Waals surface area contributed by atoms with E-state index in [-0.39, 0.29) is 5.56 Å². The maximum absolute atomic E-state index is 13.5. The molecule has 0 atom stereocenters. The predicted octanol–water partition coefficient (Wildman–Crippen LogP) is 5.15. The molecule has 0 saturated carbocycles. The van der Waals surface area contributed by atoms with Crippen LogP contribution in [-0.4, -0.2) is 19.5 Å². The summed E-state index contributed by atoms with van der Waals surface area (Å²) in [5.41, 5.74) is 2.34. The van der Waals surface area contributed by atoms with Crippen LogP contribution in [-0.2, 0) is 0 Å². The fourth-order valence-electron chi connectivity index (χ4n) is 2.51. The number of carbonyl (C=O) groups is 1. The Balaban J connectivity index is 1.42. The van der Waals surface area contributed by atoms with Crippen LogP contribution in [0.4, 0.5) is 4.39 Å². The van der Waals surface area contributed by atoms with Gasteiger partial charge in [-0.15, -0.1) is 0 Å². The Morgan fingerprint density at radius 1 is 0.769 bits per heavy atom. The van der Waals surface area contributed by atoms with E-state index in [4.69, 9.17) is 9.47 Å². The fraction of sp³-hybridized carbons (Fsp3) is 0.136. The Morgan fingerprint density at radius 2 is 1.38 bits per heavy atom. The van der Waals surface area contributed by atoms with Gasteiger partial charge < -0.3 is 9.47 Å². The minimum absolute atomic E-state index is 0.0274. The van der Waals surface area contributed by atoms with Crippen molar-refractivity contribution in [1.29, 1.82) is 0 Å². The van der Waals surface area contributed by atoms with E-state index in [0.717, 1.165) is 11.3 Å². The highest BCUT2D eigenvalue weighted by molar-refractivity contribution is 5.75. The van der Waals surface area contributed by atoms with Crippen LogP contribution in [0.25, 0.3) is 11.1 Å². The van der Waals surface area contributed by atoms with Crippen LogP contribution in [0.1, 0.15) is 16.8 Å². The van der Waals surface area contributed by atoms with Gasteiger partial charge in [0.15, 0.2) is 6.29 Å². The van der Waals surface area contributed by atoms with Crippen LogP contribution in [0.3, 0.4) is 0 Å². The lowest BCUT2D eigenvalue weighted by Crippen LogP contribution is -2.05. The normalized spacial score (nSPS) is 10.3. The second-order valence-electron chi connectivity index (χ2n) is 5.74. The number of hydrogen-bond donors (Lipinski definition) is 0. The Bertz CT molecular complexity index is 845. The van der Waals surface area contributed by atoms with Gasteiger partial charge in [0.2, 0.25) is 0 Å². The van der Waals surface area contributed by atoms with E-state index in [9.17, 15) is 9.18 Å². The first-order valence-electron chi connectivity index (χ1n) is 8.42. The smallest absolute Gasteiger partial charge is 0.152 e. The largest absolute Gasteiger partial charge is 0.493 e. The second kappa shape index (κ2) is 8.81. The number of hydrogen-bond acceptors (Lipinski definition) is 3. The van der Waals surface area contributed by atoms with Gasteiger partial charge in [-0.05, 0) is 35.4 Å². The summed E-state index contributed by atoms with van der Waals surface area (Å²) in [6, 6.07) is 22.3. The van der Waals surface area contributed by atoms with Crippen LogP contribution < -0.4 is 9.47 Å². The van der Waals surface area contributed by atoms with E-state index < -0.39 is 5.82 Å². The number of benzene rings is 3. The van der Waals surface area contributed by atoms with Gasteiger partial charge in [-0.3, -0.25) is 4.79 Å². The summed E-state index contributed by atoms with van der Waals surface area (Å²) in [4.78, 5) is 10.6. The molecule has 3 aromatic rings. The molecular formula is C22H19FO3. The van der Waals surface area contributed by atoms with E-state index in [0.29, 0.717) is 31.7 Å². The monoisotopic (exact) mass is 350 g/mol. The highest BCUT2D eigenvalue weighted by Gasteiger charge is 2.03. The van der Waals surface area contributed by atoms with Crippen LogP contribution in [0, 0.1) is 5.82 Å². The molecule has 3 nitrogen and oxygen atoms in total. The first-order chi connectivity index (χ1) is 12.8. The summed E-state index contributed by atoms with van der Waals surface area (Å²) in [7, 11) is 0. The lowest BCUT2D eigenvalue weighted by atomic mass is 10.1. The first kappa shape index (κ1) is 17.7. The van der Waals surface area contributed by atoms with Crippen molar-refractivity contribution in [3.63, 3.8) is 0 Å². The molecule has 0 amide bonds. The molecule has 0 heterocycles. The van der Waals surface area contributed by atoms with Gasteiger partial charge in [0, 0.05) is 12.5 Å². The summed E-state index contributed by atoms with van der Waals surface area (Å²) in [6.07, 6.45) is 1.15. The maximum atomic E-state index is 13.5. The molecule has 0 aliphatic heterocycles. The van der Waals surface area contributed by atoms with E-state index in [1.165, 1.54) is 17.7 Å². The van der Waals surface area contributed by atoms with Crippen molar-refractivity contribution in [3.8, 4) is 22.6 Å². The van der Waals surface area contributed by atoms with E-state index in [1.54, 1.807) is 6.07 Å². The van der Waals surface area contributed by atoms with Crippen LogP contribution in [0.5, 0.6) is 11.5 Å². The Kier molecular flexibility index (Phi) is 5.99. The SMILES string of the molecule is O=Cc1ccc(OCCCOc2ccc(-c3ccccc3)cc2)cc1F. The van der Waals surface area contributed by atoms with Crippen molar-refractivity contribution < 1.29 is 18.7 Å². The number of aldehydes is 1. The summed E-state index contributed by atoms with van der Waals surface area (Å²) in [5, 5.41) is 0. The Labute approximate surface area is 152 Å². The Morgan fingerprint density at radius 3 is 2.04 bits per heavy atom. The Hall–Kier alpha value is -3.14. The van der Waals surface area contributed by atoms with Gasteiger partial charge in [-0.2, -0.15) is 0 Å². The highest BCUT2D eigenvalue weighted by Crippen LogP contribution is 2.22. The van der Waals surface area contributed by atoms with Crippen molar-refractivity contribution in [2.45, 2.75) is 6.42 Å². The molecule has 0 aromatic heterocycles. The van der Waals surface area contributed by atoms with Crippen LogP contribution in [0.2, 0.25) is 0 Å². The first-order valence-corrected chi connectivity index (χ1v) is 8.42. The quantitative estimate of drug-likeness (QED) is 0.416. The van der Waals surface area contributed by atoms with Gasteiger partial charge in [0.1, 0.15) is 17.3 Å². The van der Waals surface area contributed by atoms with Gasteiger partial charge >= 0.3 is 0 Å². The second-order valence-corrected chi connectivity index (χ2v) is 5.74. The van der Waals surface area contributed by atoms with E-state index in [2.05, 4.69) is 12.1 Å². The summed E-state index contributed by atoms with van der Waals surface area (Å²) in [6.45, 7) is 0.904. The van der Waals surface area contributed by atoms with Gasteiger partial charge in [-0.25, -0.2) is 4.39 Å². The lowest BCUT2D eigenvalue weighted by molar-refractivity contribution is 0.111. The van der Waals surface area contributed by atoms with E-state index >= 15 is 0 Å². The molecule has 26 heavy (non-hydrogen) atoms. The third kappa shape index (κ3) is 4.70. The third-order valence-electron chi connectivity index (χ3n) is 3.89. The highest BCUT2D eigenvalue weighted by atomic mass is 19.1. The number of rotatable bonds is 8. The molecule has 0 unspecified atom stereocenters. The van der Waals surface area contributed by atoms with Crippen LogP contribution >= 0.6 is 0 Å². The predicted molar refractivity (Wildman–Crippen MR) is 99.3 cm³/mol. The molecule has 0 radical (unpaired) electrons. The minimum atomic E-state index is -0.577. The van der Waals surface area contributed by atoms with E-state index in [1.807, 2.05) is 42.5 Å². The number of ether oxygens (including phenoxy) is 2. The zero-order valence-corrected chi connectivity index (χ0v) is 14.2. The fourth-order valence-corrected chi connectivity index (χ4v) is 2.51. The molecule has 132 valence electrons. The molecule has 0 spiro atoms. The van der Waals surface area contributed by atoms with Gasteiger partial charge in [0.05, 0.1) is 18.8 Å². The van der Waals surface area contributed by atoms with Gasteiger partial charge in [0.25, 0.3) is 0 Å². The molecule has 0 saturated heterocycles. The molecule has 0 N–H and O–H groups in total. The molecular weight excluding hydrogens is 331 g/mol. The van der Waals surface area contributed by atoms with Crippen molar-refractivity contribution in [2.24, 2.45) is 0 Å². The third-order valence-corrected chi connectivity index (χ3v) is 3.89. The topological polar surface area (TPSA) is 35.5 Å². The van der Waals surface area contributed by atoms with Crippen LogP contribution in [0.15, 0.2) is 72.8 Å². The maximum Gasteiger partial charge on any atom is 0.152 e. The minimum Gasteiger partial charge on any atom is -0.493 e. The summed E-state index contributed by atoms with van der Waals surface area (Å²) < 4.78 is 24.6. The average Bonchev–Trinajstić information content (AvgIpc) is 2.69. The average molecular weight is 350 g/mol. The van der Waals surface area contributed by atoms with Crippen molar-refractivity contribution in [2.75, 3.05) is 13.2 Å². The molecule has 4 heteroatoms. The van der Waals surface area contributed by atoms with Crippen molar-refractivity contribution in [3.05, 3.63) is 84.2 Å². The summed E-state index contributed by atoms with van der Waals surface area (Å²) >= 11 is 0. The van der Waals surface area contributed by atoms with Crippen molar-refractivity contribution >= 4 is 6.29 Å². The lowest BCUT2D eigenvalue weighted by Gasteiger charge is -2.09. The van der Waals surface area contributed by atoms with Crippen molar-refractivity contribution in [1.82, 2.24) is 0 Å². The number of carbonyl (C=O) groups excluding carboxylic acids is 1. The zero-order chi connectivity index (χ0) is 18.2. The van der Waals surface area contributed by atoms with Gasteiger partial charge in [-0.1, -0.05) is 42.5 Å². The standard InChI is InChI=1S/C22H19FO3/c23-22-15-21(12-9-19(22)16-24)26-14-4-13-25-20-10-7-18(8-11-20)17-5-2-1-3-6-17/h1-3,5-12,15-16H,4,13-14H2. The molecule has 0 aliphatic carbocycles. The number of halogens is 1. The molecule has 3 rings (SSSR count). The zero-order valence-electron chi connectivity index (χ0n) is 14.2.